The summed E-state index contributed by atoms with van der Waals surface area (Å²) in [5, 5.41) is 9.47. The van der Waals surface area contributed by atoms with E-state index in [1.165, 1.54) is 18.2 Å². The number of ketones is 2. The molecule has 0 saturated carbocycles. The highest BCUT2D eigenvalue weighted by Gasteiger charge is 2.49. The van der Waals surface area contributed by atoms with Crippen molar-refractivity contribution in [1.82, 2.24) is 0 Å². The average Bonchev–Trinajstić information content (AvgIpc) is 2.58. The number of Topliss-reactive ketones (excluding diaryl/α,β-unsaturated/α-hetero) is 2. The number of aromatic hydroxyl groups is 1. The van der Waals surface area contributed by atoms with Crippen LogP contribution in [-0.2, 0) is 4.74 Å². The highest BCUT2D eigenvalue weighted by atomic mass is 16.5. The van der Waals surface area contributed by atoms with Gasteiger partial charge in [0.2, 0.25) is 5.78 Å². The van der Waals surface area contributed by atoms with Crippen LogP contribution < -0.4 is 0 Å². The zero-order valence-corrected chi connectivity index (χ0v) is 11.0. The lowest BCUT2D eigenvalue weighted by Crippen LogP contribution is -2.29. The first-order valence-electron chi connectivity index (χ1n) is 6.18. The predicted molar refractivity (Wildman–Crippen MR) is 68.1 cm³/mol. The van der Waals surface area contributed by atoms with E-state index in [0.717, 1.165) is 0 Å². The van der Waals surface area contributed by atoms with Crippen molar-refractivity contribution in [2.75, 3.05) is 0 Å². The predicted octanol–water partition coefficient (Wildman–Crippen LogP) is 2.47. The van der Waals surface area contributed by atoms with Crippen molar-refractivity contribution in [2.24, 2.45) is 5.41 Å². The van der Waals surface area contributed by atoms with Crippen LogP contribution >= 0.6 is 0 Å². The fraction of sp³-hybridized carbons (Fsp3) is 0.333. The smallest absolute Gasteiger partial charge is 0.228 e. The van der Waals surface area contributed by atoms with Gasteiger partial charge in [0.25, 0.3) is 0 Å². The van der Waals surface area contributed by atoms with Crippen molar-refractivity contribution in [2.45, 2.75) is 26.9 Å². The second-order valence-electron chi connectivity index (χ2n) is 5.57. The first-order valence-corrected chi connectivity index (χ1v) is 6.18. The summed E-state index contributed by atoms with van der Waals surface area (Å²) in [7, 11) is 0. The molecule has 0 saturated heterocycles. The van der Waals surface area contributed by atoms with E-state index in [1.807, 2.05) is 20.8 Å². The zero-order chi connectivity index (χ0) is 13.9. The van der Waals surface area contributed by atoms with E-state index in [2.05, 4.69) is 0 Å². The van der Waals surface area contributed by atoms with E-state index in [9.17, 15) is 14.7 Å². The summed E-state index contributed by atoms with van der Waals surface area (Å²) in [4.78, 5) is 24.9. The van der Waals surface area contributed by atoms with Gasteiger partial charge in [-0.3, -0.25) is 9.59 Å². The maximum absolute atomic E-state index is 12.5. The van der Waals surface area contributed by atoms with Crippen LogP contribution in [0.15, 0.2) is 29.5 Å². The van der Waals surface area contributed by atoms with E-state index in [4.69, 9.17) is 4.74 Å². The number of benzene rings is 1. The summed E-state index contributed by atoms with van der Waals surface area (Å²) in [6.45, 7) is 5.65. The summed E-state index contributed by atoms with van der Waals surface area (Å²) in [5.41, 5.74) is 0.515. The number of phenolic OH excluding ortho intramolecular Hbond substituents is 1. The molecule has 1 N–H and O–H groups in total. The van der Waals surface area contributed by atoms with Crippen molar-refractivity contribution in [1.29, 1.82) is 0 Å². The Morgan fingerprint density at radius 3 is 2.53 bits per heavy atom. The Morgan fingerprint density at radius 2 is 1.84 bits per heavy atom. The van der Waals surface area contributed by atoms with Crippen LogP contribution in [0.5, 0.6) is 5.75 Å². The third-order valence-corrected chi connectivity index (χ3v) is 4.11. The minimum atomic E-state index is -0.488. The number of phenols is 1. The van der Waals surface area contributed by atoms with Gasteiger partial charge in [0.1, 0.15) is 11.9 Å². The lowest BCUT2D eigenvalue weighted by Gasteiger charge is -2.25. The number of rotatable bonds is 0. The molecule has 1 aliphatic carbocycles. The van der Waals surface area contributed by atoms with Gasteiger partial charge in [-0.25, -0.2) is 0 Å². The second kappa shape index (κ2) is 3.47. The monoisotopic (exact) mass is 258 g/mol. The lowest BCUT2D eigenvalue weighted by atomic mass is 9.74. The summed E-state index contributed by atoms with van der Waals surface area (Å²) in [6, 6.07) is 4.23. The molecule has 0 radical (unpaired) electrons. The van der Waals surface area contributed by atoms with Crippen LogP contribution in [0.4, 0.5) is 0 Å². The molecule has 0 spiro atoms. The molecule has 0 bridgehead atoms. The van der Waals surface area contributed by atoms with Crippen LogP contribution in [-0.4, -0.2) is 22.8 Å². The number of hydrogen-bond donors (Lipinski definition) is 1. The minimum Gasteiger partial charge on any atom is -0.508 e. The molecule has 4 heteroatoms. The molecule has 19 heavy (non-hydrogen) atoms. The van der Waals surface area contributed by atoms with Crippen LogP contribution in [0.1, 0.15) is 41.5 Å². The van der Waals surface area contributed by atoms with Gasteiger partial charge >= 0.3 is 0 Å². The Hall–Kier alpha value is -2.10. The maximum Gasteiger partial charge on any atom is 0.228 e. The standard InChI is InChI=1S/C15H14O4/c1-7-15(2,3)11-12(17)9-5-4-8(16)6-10(9)13(18)14(11)19-7/h4-7,16H,1-3H3/t7-/m1/s1. The van der Waals surface area contributed by atoms with E-state index < -0.39 is 5.41 Å². The minimum absolute atomic E-state index is 0.0331. The summed E-state index contributed by atoms with van der Waals surface area (Å²) >= 11 is 0. The molecule has 98 valence electrons. The molecule has 0 unspecified atom stereocenters. The molecular weight excluding hydrogens is 244 g/mol. The third-order valence-electron chi connectivity index (χ3n) is 4.11. The highest BCUT2D eigenvalue weighted by molar-refractivity contribution is 6.27. The van der Waals surface area contributed by atoms with Crippen LogP contribution in [0.3, 0.4) is 0 Å². The van der Waals surface area contributed by atoms with E-state index in [0.29, 0.717) is 11.1 Å². The van der Waals surface area contributed by atoms with Crippen molar-refractivity contribution in [3.63, 3.8) is 0 Å². The lowest BCUT2D eigenvalue weighted by molar-refractivity contribution is 0.0722. The molecule has 1 heterocycles. The normalized spacial score (nSPS) is 24.1. The fourth-order valence-corrected chi connectivity index (χ4v) is 2.62. The molecular formula is C15H14O4. The Balaban J connectivity index is 2.25. The van der Waals surface area contributed by atoms with Gasteiger partial charge < -0.3 is 9.84 Å². The van der Waals surface area contributed by atoms with Crippen molar-refractivity contribution in [3.8, 4) is 5.75 Å². The SMILES string of the molecule is C[C@H]1OC2=C(C(=O)c3ccc(O)cc3C2=O)C1(C)C. The molecule has 1 aliphatic heterocycles. The first kappa shape index (κ1) is 12.0. The maximum atomic E-state index is 12.5. The largest absolute Gasteiger partial charge is 0.508 e. The van der Waals surface area contributed by atoms with Gasteiger partial charge in [0.05, 0.1) is 5.57 Å². The van der Waals surface area contributed by atoms with E-state index >= 15 is 0 Å². The van der Waals surface area contributed by atoms with Gasteiger partial charge in [0, 0.05) is 16.5 Å². The fourth-order valence-electron chi connectivity index (χ4n) is 2.62. The Labute approximate surface area is 110 Å². The molecule has 3 rings (SSSR count). The van der Waals surface area contributed by atoms with Crippen molar-refractivity contribution >= 4 is 11.6 Å². The number of fused-ring (bicyclic) bond motifs is 1. The van der Waals surface area contributed by atoms with Gasteiger partial charge in [-0.2, -0.15) is 0 Å². The molecule has 0 amide bonds. The van der Waals surface area contributed by atoms with Crippen LogP contribution in [0.25, 0.3) is 0 Å². The molecule has 1 atom stereocenters. The quantitative estimate of drug-likeness (QED) is 0.776. The Morgan fingerprint density at radius 1 is 1.16 bits per heavy atom. The first-order chi connectivity index (χ1) is 8.84. The van der Waals surface area contributed by atoms with E-state index in [-0.39, 0.29) is 34.7 Å². The third kappa shape index (κ3) is 1.40. The van der Waals surface area contributed by atoms with Gasteiger partial charge in [-0.05, 0) is 25.1 Å². The zero-order valence-electron chi connectivity index (χ0n) is 11.0. The Bertz CT molecular complexity index is 652. The molecule has 4 nitrogen and oxygen atoms in total. The van der Waals surface area contributed by atoms with Crippen molar-refractivity contribution < 1.29 is 19.4 Å². The van der Waals surface area contributed by atoms with Crippen molar-refractivity contribution in [3.05, 3.63) is 40.7 Å². The number of carbonyl (C=O) groups excluding carboxylic acids is 2. The second-order valence-corrected chi connectivity index (χ2v) is 5.57. The molecule has 0 fully saturated rings. The summed E-state index contributed by atoms with van der Waals surface area (Å²) in [5.74, 6) is -0.397. The number of hydrogen-bond acceptors (Lipinski definition) is 4. The van der Waals surface area contributed by atoms with Crippen LogP contribution in [0, 0.1) is 5.41 Å². The van der Waals surface area contributed by atoms with Gasteiger partial charge in [0.15, 0.2) is 11.5 Å². The molecule has 1 aromatic rings. The van der Waals surface area contributed by atoms with Gasteiger partial charge in [-0.15, -0.1) is 0 Å². The number of carbonyl (C=O) groups is 2. The van der Waals surface area contributed by atoms with Gasteiger partial charge in [-0.1, -0.05) is 13.8 Å². The molecule has 0 aromatic heterocycles. The summed E-state index contributed by atoms with van der Waals surface area (Å²) < 4.78 is 5.59. The number of allylic oxidation sites excluding steroid dienone is 1. The highest BCUT2D eigenvalue weighted by Crippen LogP contribution is 2.47. The summed E-state index contributed by atoms with van der Waals surface area (Å²) in [6.07, 6.45) is -0.228. The van der Waals surface area contributed by atoms with Crippen LogP contribution in [0.2, 0.25) is 0 Å². The average molecular weight is 258 g/mol. The number of ether oxygens (including phenoxy) is 1. The molecule has 2 aliphatic rings. The topological polar surface area (TPSA) is 63.6 Å². The molecule has 1 aromatic carbocycles. The Kier molecular flexibility index (Phi) is 2.18. The van der Waals surface area contributed by atoms with E-state index in [1.54, 1.807) is 0 Å².